The molecule has 0 atom stereocenters. The normalized spacial score (nSPS) is 14.3. The van der Waals surface area contributed by atoms with Crippen LogP contribution in [0.25, 0.3) is 0 Å². The van der Waals surface area contributed by atoms with E-state index in [0.717, 1.165) is 61.9 Å². The number of nitrogens with zero attached hydrogens (tertiary/aromatic N) is 2. The maximum Gasteiger partial charge on any atom is 0.319 e. The summed E-state index contributed by atoms with van der Waals surface area (Å²) in [6.45, 7) is 7.01. The number of hydrogen-bond acceptors (Lipinski definition) is 7. The third-order valence-electron chi connectivity index (χ3n) is 4.67. The number of ether oxygens (including phenoxy) is 2. The molecular formula is C20H27N5O4S. The van der Waals surface area contributed by atoms with Crippen molar-refractivity contribution < 1.29 is 19.1 Å². The quantitative estimate of drug-likeness (QED) is 0.520. The number of amides is 3. The summed E-state index contributed by atoms with van der Waals surface area (Å²) in [5, 5.41) is 5.71. The van der Waals surface area contributed by atoms with E-state index in [9.17, 15) is 9.59 Å². The van der Waals surface area contributed by atoms with Crippen LogP contribution >= 0.6 is 11.5 Å². The summed E-state index contributed by atoms with van der Waals surface area (Å²) in [6, 6.07) is 7.42. The smallest absolute Gasteiger partial charge is 0.319 e. The van der Waals surface area contributed by atoms with Crippen LogP contribution in [0, 0.1) is 6.92 Å². The second-order valence-corrected chi connectivity index (χ2v) is 7.79. The molecule has 0 bridgehead atoms. The molecule has 1 fully saturated rings. The Morgan fingerprint density at radius 2 is 2.00 bits per heavy atom. The van der Waals surface area contributed by atoms with Crippen LogP contribution in [0.5, 0.6) is 5.88 Å². The third-order valence-corrected chi connectivity index (χ3v) is 5.42. The van der Waals surface area contributed by atoms with Gasteiger partial charge in [0.05, 0.1) is 13.2 Å². The van der Waals surface area contributed by atoms with Crippen molar-refractivity contribution in [3.05, 3.63) is 41.0 Å². The molecule has 162 valence electrons. The van der Waals surface area contributed by atoms with E-state index in [-0.39, 0.29) is 23.1 Å². The van der Waals surface area contributed by atoms with Crippen molar-refractivity contribution in [3.63, 3.8) is 0 Å². The first-order chi connectivity index (χ1) is 14.5. The Balaban J connectivity index is 1.49. The van der Waals surface area contributed by atoms with Gasteiger partial charge in [0.2, 0.25) is 5.88 Å². The Hall–Kier alpha value is -2.69. The Kier molecular flexibility index (Phi) is 8.00. The molecule has 3 rings (SSSR count). The van der Waals surface area contributed by atoms with Crippen LogP contribution in [0.1, 0.15) is 27.9 Å². The number of aromatic nitrogens is 1. The zero-order chi connectivity index (χ0) is 21.3. The lowest BCUT2D eigenvalue weighted by atomic mass is 10.2. The van der Waals surface area contributed by atoms with Gasteiger partial charge in [-0.25, -0.2) is 4.79 Å². The minimum Gasteiger partial charge on any atom is -0.472 e. The fourth-order valence-corrected chi connectivity index (χ4v) is 3.73. The number of rotatable bonds is 9. The van der Waals surface area contributed by atoms with Crippen molar-refractivity contribution in [2.75, 3.05) is 44.7 Å². The Labute approximate surface area is 179 Å². The van der Waals surface area contributed by atoms with Crippen molar-refractivity contribution in [1.29, 1.82) is 0 Å². The fraction of sp³-hybridized carbons (Fsp3) is 0.450. The van der Waals surface area contributed by atoms with Crippen LogP contribution in [0.3, 0.4) is 0 Å². The Morgan fingerprint density at radius 3 is 2.70 bits per heavy atom. The van der Waals surface area contributed by atoms with Crippen molar-refractivity contribution in [1.82, 2.24) is 14.6 Å². The van der Waals surface area contributed by atoms with E-state index in [4.69, 9.17) is 15.2 Å². The highest BCUT2D eigenvalue weighted by Crippen LogP contribution is 2.30. The van der Waals surface area contributed by atoms with Crippen molar-refractivity contribution >= 4 is 28.5 Å². The predicted molar refractivity (Wildman–Crippen MR) is 115 cm³/mol. The number of nitrogens with two attached hydrogens (primary N) is 1. The average Bonchev–Trinajstić information content (AvgIpc) is 3.14. The Morgan fingerprint density at radius 1 is 1.27 bits per heavy atom. The molecule has 1 aromatic heterocycles. The summed E-state index contributed by atoms with van der Waals surface area (Å²) in [6.07, 6.45) is 0.823. The monoisotopic (exact) mass is 433 g/mol. The van der Waals surface area contributed by atoms with Gasteiger partial charge in [0.15, 0.2) is 0 Å². The number of benzene rings is 1. The van der Waals surface area contributed by atoms with Crippen LogP contribution in [0.4, 0.5) is 9.80 Å². The number of morpholine rings is 1. The molecule has 3 amide bonds. The standard InChI is InChI=1S/C20H27N5O4S/c1-14-3-5-15(6-4-14)13-29-18-16(17(21)26)19(30-24-18)23-20(27)22-7-2-8-25-9-11-28-12-10-25/h3-6H,2,7-13H2,1H3,(H2,21,26)(H2,22,23,27). The minimum atomic E-state index is -0.703. The number of urea groups is 1. The highest BCUT2D eigenvalue weighted by Gasteiger charge is 2.22. The van der Waals surface area contributed by atoms with Gasteiger partial charge in [0.1, 0.15) is 17.2 Å². The van der Waals surface area contributed by atoms with Crippen LogP contribution < -0.4 is 21.1 Å². The zero-order valence-electron chi connectivity index (χ0n) is 17.0. The zero-order valence-corrected chi connectivity index (χ0v) is 17.8. The number of hydrogen-bond donors (Lipinski definition) is 3. The fourth-order valence-electron chi connectivity index (χ4n) is 2.99. The number of carbonyl (C=O) groups excluding carboxylic acids is 2. The topological polar surface area (TPSA) is 119 Å². The van der Waals surface area contributed by atoms with E-state index in [1.54, 1.807) is 0 Å². The van der Waals surface area contributed by atoms with Gasteiger partial charge in [-0.2, -0.15) is 4.37 Å². The molecule has 2 aromatic rings. The molecule has 9 nitrogen and oxygen atoms in total. The first kappa shape index (κ1) is 22.0. The summed E-state index contributed by atoms with van der Waals surface area (Å²) < 4.78 is 15.1. The molecule has 0 saturated carbocycles. The van der Waals surface area contributed by atoms with E-state index in [0.29, 0.717) is 6.54 Å². The number of carbonyl (C=O) groups is 2. The summed E-state index contributed by atoms with van der Waals surface area (Å²) in [5.41, 5.74) is 7.66. The molecular weight excluding hydrogens is 406 g/mol. The molecule has 1 aliphatic heterocycles. The van der Waals surface area contributed by atoms with Gasteiger partial charge in [-0.1, -0.05) is 29.8 Å². The van der Waals surface area contributed by atoms with E-state index in [2.05, 4.69) is 19.9 Å². The molecule has 2 heterocycles. The maximum atomic E-state index is 12.2. The van der Waals surface area contributed by atoms with Crippen LogP contribution in [-0.4, -0.2) is 60.6 Å². The number of nitrogens with one attached hydrogen (secondary N) is 2. The van der Waals surface area contributed by atoms with Crippen LogP contribution in [0.15, 0.2) is 24.3 Å². The van der Waals surface area contributed by atoms with E-state index in [1.807, 2.05) is 31.2 Å². The summed E-state index contributed by atoms with van der Waals surface area (Å²) in [7, 11) is 0. The molecule has 1 aliphatic rings. The van der Waals surface area contributed by atoms with Gasteiger partial charge in [0.25, 0.3) is 5.91 Å². The molecule has 10 heteroatoms. The molecule has 1 aromatic carbocycles. The van der Waals surface area contributed by atoms with Gasteiger partial charge in [-0.05, 0) is 37.0 Å². The molecule has 0 spiro atoms. The number of primary amides is 1. The largest absolute Gasteiger partial charge is 0.472 e. The van der Waals surface area contributed by atoms with E-state index in [1.165, 1.54) is 0 Å². The van der Waals surface area contributed by atoms with Crippen molar-refractivity contribution in [3.8, 4) is 5.88 Å². The molecule has 4 N–H and O–H groups in total. The third kappa shape index (κ3) is 6.41. The molecule has 1 saturated heterocycles. The van der Waals surface area contributed by atoms with Gasteiger partial charge in [-0.15, -0.1) is 0 Å². The summed E-state index contributed by atoms with van der Waals surface area (Å²) in [5.74, 6) is -0.582. The Bertz CT molecular complexity index is 849. The molecule has 0 radical (unpaired) electrons. The predicted octanol–water partition coefficient (Wildman–Crippen LogP) is 1.97. The lowest BCUT2D eigenvalue weighted by Crippen LogP contribution is -2.38. The first-order valence-corrected chi connectivity index (χ1v) is 10.6. The lowest BCUT2D eigenvalue weighted by molar-refractivity contribution is 0.0375. The number of anilines is 1. The highest BCUT2D eigenvalue weighted by molar-refractivity contribution is 7.11. The van der Waals surface area contributed by atoms with Gasteiger partial charge >= 0.3 is 6.03 Å². The lowest BCUT2D eigenvalue weighted by Gasteiger charge is -2.26. The van der Waals surface area contributed by atoms with Gasteiger partial charge in [-0.3, -0.25) is 15.0 Å². The van der Waals surface area contributed by atoms with E-state index < -0.39 is 11.9 Å². The van der Waals surface area contributed by atoms with Crippen molar-refractivity contribution in [2.24, 2.45) is 5.73 Å². The van der Waals surface area contributed by atoms with Crippen LogP contribution in [0.2, 0.25) is 0 Å². The minimum absolute atomic E-state index is 0.0792. The molecule has 0 aliphatic carbocycles. The molecule has 30 heavy (non-hydrogen) atoms. The van der Waals surface area contributed by atoms with E-state index >= 15 is 0 Å². The SMILES string of the molecule is Cc1ccc(COc2nsc(NC(=O)NCCCN3CCOCC3)c2C(N)=O)cc1. The second-order valence-electron chi connectivity index (χ2n) is 7.02. The second kappa shape index (κ2) is 10.9. The van der Waals surface area contributed by atoms with Gasteiger partial charge in [0, 0.05) is 19.6 Å². The van der Waals surface area contributed by atoms with Crippen LogP contribution in [-0.2, 0) is 11.3 Å². The van der Waals surface area contributed by atoms with Crippen molar-refractivity contribution in [2.45, 2.75) is 20.0 Å². The molecule has 0 unspecified atom stereocenters. The van der Waals surface area contributed by atoms with Gasteiger partial charge < -0.3 is 20.5 Å². The first-order valence-electron chi connectivity index (χ1n) is 9.85. The summed E-state index contributed by atoms with van der Waals surface area (Å²) in [4.78, 5) is 26.4. The average molecular weight is 434 g/mol. The highest BCUT2D eigenvalue weighted by atomic mass is 32.1. The maximum absolute atomic E-state index is 12.2. The summed E-state index contributed by atoms with van der Waals surface area (Å²) >= 11 is 0.962. The number of aryl methyl sites for hydroxylation is 1.